The lowest BCUT2D eigenvalue weighted by Crippen LogP contribution is -2.22. The average Bonchev–Trinajstić information content (AvgIpc) is 2.34. The highest BCUT2D eigenvalue weighted by atomic mass is 16.3. The molecule has 7 nitrogen and oxygen atoms in total. The lowest BCUT2D eigenvalue weighted by Gasteiger charge is -2.13. The van der Waals surface area contributed by atoms with Crippen molar-refractivity contribution in [2.75, 3.05) is 44.5 Å². The minimum Gasteiger partial charge on any atom is -0.395 e. The zero-order chi connectivity index (χ0) is 12.8. The van der Waals surface area contributed by atoms with Crippen LogP contribution in [0.3, 0.4) is 0 Å². The maximum absolute atomic E-state index is 11.5. The number of hydrogen-bond donors (Lipinski definition) is 3. The Morgan fingerprint density at radius 1 is 1.47 bits per heavy atom. The van der Waals surface area contributed by atoms with Crippen molar-refractivity contribution >= 4 is 17.7 Å². The van der Waals surface area contributed by atoms with Crippen LogP contribution in [-0.2, 0) is 0 Å². The number of anilines is 2. The third-order valence-electron chi connectivity index (χ3n) is 1.99. The average molecular weight is 239 g/mol. The van der Waals surface area contributed by atoms with Gasteiger partial charge in [0.1, 0.15) is 11.5 Å². The van der Waals surface area contributed by atoms with Gasteiger partial charge in [-0.2, -0.15) is 4.98 Å². The molecule has 0 aliphatic carbocycles. The summed E-state index contributed by atoms with van der Waals surface area (Å²) in [6.45, 7) is 0.369. The third-order valence-corrected chi connectivity index (χ3v) is 1.99. The molecule has 1 rings (SSSR count). The van der Waals surface area contributed by atoms with Crippen LogP contribution < -0.4 is 15.5 Å². The molecule has 0 aliphatic rings. The molecule has 1 aromatic heterocycles. The van der Waals surface area contributed by atoms with Gasteiger partial charge in [0.05, 0.1) is 6.61 Å². The van der Waals surface area contributed by atoms with E-state index in [9.17, 15) is 4.79 Å². The minimum absolute atomic E-state index is 0.00337. The van der Waals surface area contributed by atoms with Gasteiger partial charge < -0.3 is 20.6 Å². The second-order valence-corrected chi connectivity index (χ2v) is 3.56. The molecule has 0 saturated carbocycles. The van der Waals surface area contributed by atoms with Gasteiger partial charge in [-0.3, -0.25) is 4.79 Å². The third kappa shape index (κ3) is 3.56. The minimum atomic E-state index is -0.275. The van der Waals surface area contributed by atoms with Crippen LogP contribution in [0.2, 0.25) is 0 Å². The molecule has 0 bridgehead atoms. The van der Waals surface area contributed by atoms with Gasteiger partial charge in [0.2, 0.25) is 5.95 Å². The van der Waals surface area contributed by atoms with Gasteiger partial charge >= 0.3 is 0 Å². The van der Waals surface area contributed by atoms with Gasteiger partial charge in [-0.15, -0.1) is 0 Å². The first-order valence-corrected chi connectivity index (χ1v) is 5.21. The van der Waals surface area contributed by atoms with E-state index in [4.69, 9.17) is 5.11 Å². The van der Waals surface area contributed by atoms with Crippen LogP contribution in [-0.4, -0.2) is 55.3 Å². The number of aliphatic hydroxyl groups excluding tert-OH is 1. The number of carbonyl (C=O) groups excluding carboxylic acids is 1. The van der Waals surface area contributed by atoms with E-state index in [0.29, 0.717) is 18.3 Å². The van der Waals surface area contributed by atoms with Gasteiger partial charge in [0.25, 0.3) is 5.91 Å². The van der Waals surface area contributed by atoms with Gasteiger partial charge in [0, 0.05) is 33.8 Å². The molecule has 0 saturated heterocycles. The number of rotatable bonds is 5. The van der Waals surface area contributed by atoms with Crippen LogP contribution in [0.5, 0.6) is 0 Å². The number of amides is 1. The fraction of sp³-hybridized carbons (Fsp3) is 0.500. The predicted octanol–water partition coefficient (Wildman–Crippen LogP) is -0.694. The maximum atomic E-state index is 11.5. The van der Waals surface area contributed by atoms with Crippen LogP contribution in [0.4, 0.5) is 11.8 Å². The largest absolute Gasteiger partial charge is 0.395 e. The summed E-state index contributed by atoms with van der Waals surface area (Å²) in [7, 11) is 5.12. The molecule has 0 atom stereocenters. The van der Waals surface area contributed by atoms with Gasteiger partial charge in [-0.25, -0.2) is 4.98 Å². The molecule has 1 aromatic rings. The van der Waals surface area contributed by atoms with Gasteiger partial charge in [0.15, 0.2) is 0 Å². The zero-order valence-electron chi connectivity index (χ0n) is 10.2. The fourth-order valence-electron chi connectivity index (χ4n) is 1.15. The van der Waals surface area contributed by atoms with Crippen molar-refractivity contribution in [2.45, 2.75) is 0 Å². The maximum Gasteiger partial charge on any atom is 0.269 e. The number of nitrogens with zero attached hydrogens (tertiary/aromatic N) is 3. The van der Waals surface area contributed by atoms with Crippen molar-refractivity contribution in [1.82, 2.24) is 15.3 Å². The molecule has 0 aliphatic heterocycles. The highest BCUT2D eigenvalue weighted by Crippen LogP contribution is 2.11. The Morgan fingerprint density at radius 2 is 2.18 bits per heavy atom. The monoisotopic (exact) mass is 239 g/mol. The van der Waals surface area contributed by atoms with E-state index in [-0.39, 0.29) is 18.2 Å². The Hall–Kier alpha value is -1.89. The summed E-state index contributed by atoms with van der Waals surface area (Å²) in [5.41, 5.74) is 0.284. The molecule has 7 heteroatoms. The normalized spacial score (nSPS) is 9.88. The number of aliphatic hydroxyl groups is 1. The van der Waals surface area contributed by atoms with Crippen molar-refractivity contribution in [3.05, 3.63) is 11.8 Å². The van der Waals surface area contributed by atoms with Crippen LogP contribution >= 0.6 is 0 Å². The molecule has 1 heterocycles. The summed E-state index contributed by atoms with van der Waals surface area (Å²) >= 11 is 0. The van der Waals surface area contributed by atoms with E-state index in [2.05, 4.69) is 20.6 Å². The van der Waals surface area contributed by atoms with Crippen molar-refractivity contribution in [1.29, 1.82) is 0 Å². The molecule has 0 unspecified atom stereocenters. The number of hydrogen-bond acceptors (Lipinski definition) is 6. The Balaban J connectivity index is 3.05. The molecular formula is C10H17N5O2. The fourth-order valence-corrected chi connectivity index (χ4v) is 1.15. The van der Waals surface area contributed by atoms with Crippen LogP contribution in [0.25, 0.3) is 0 Å². The summed E-state index contributed by atoms with van der Waals surface area (Å²) < 4.78 is 0. The lowest BCUT2D eigenvalue weighted by atomic mass is 10.3. The van der Waals surface area contributed by atoms with Crippen molar-refractivity contribution in [2.24, 2.45) is 0 Å². The van der Waals surface area contributed by atoms with Crippen LogP contribution in [0.15, 0.2) is 6.07 Å². The predicted molar refractivity (Wildman–Crippen MR) is 65.3 cm³/mol. The van der Waals surface area contributed by atoms with E-state index in [1.165, 1.54) is 0 Å². The molecule has 17 heavy (non-hydrogen) atoms. The lowest BCUT2D eigenvalue weighted by molar-refractivity contribution is 0.0958. The van der Waals surface area contributed by atoms with Gasteiger partial charge in [-0.05, 0) is 0 Å². The summed E-state index contributed by atoms with van der Waals surface area (Å²) in [5, 5.41) is 14.1. The summed E-state index contributed by atoms with van der Waals surface area (Å²) in [4.78, 5) is 21.5. The molecule has 0 fully saturated rings. The molecule has 0 spiro atoms. The number of carbonyl (C=O) groups is 1. The Kier molecular flexibility index (Phi) is 4.65. The second kappa shape index (κ2) is 6.00. The van der Waals surface area contributed by atoms with Crippen LogP contribution in [0.1, 0.15) is 10.5 Å². The summed E-state index contributed by atoms with van der Waals surface area (Å²) in [6.07, 6.45) is 0. The van der Waals surface area contributed by atoms with Crippen LogP contribution in [0, 0.1) is 0 Å². The highest BCUT2D eigenvalue weighted by Gasteiger charge is 2.11. The molecule has 0 aromatic carbocycles. The Labute approximate surface area is 99.9 Å². The van der Waals surface area contributed by atoms with Crippen molar-refractivity contribution in [3.8, 4) is 0 Å². The zero-order valence-corrected chi connectivity index (χ0v) is 10.2. The smallest absolute Gasteiger partial charge is 0.269 e. The first-order valence-electron chi connectivity index (χ1n) is 5.21. The van der Waals surface area contributed by atoms with E-state index in [1.807, 2.05) is 0 Å². The Morgan fingerprint density at radius 3 is 2.71 bits per heavy atom. The molecular weight excluding hydrogens is 222 g/mol. The standard InChI is InChI=1S/C10H17N5O2/c1-11-9(17)7-6-8(12-4-5-16)14-10(13-7)15(2)3/h6,16H,4-5H2,1-3H3,(H,11,17)(H,12,13,14). The topological polar surface area (TPSA) is 90.4 Å². The summed E-state index contributed by atoms with van der Waals surface area (Å²) in [5.74, 6) is 0.672. The molecule has 94 valence electrons. The number of aromatic nitrogens is 2. The molecule has 3 N–H and O–H groups in total. The Bertz CT molecular complexity index is 394. The number of nitrogens with one attached hydrogen (secondary N) is 2. The first kappa shape index (κ1) is 13.2. The van der Waals surface area contributed by atoms with Crippen molar-refractivity contribution < 1.29 is 9.90 Å². The highest BCUT2D eigenvalue weighted by molar-refractivity contribution is 5.93. The van der Waals surface area contributed by atoms with E-state index in [0.717, 1.165) is 0 Å². The quantitative estimate of drug-likeness (QED) is 0.630. The second-order valence-electron chi connectivity index (χ2n) is 3.56. The molecule has 1 amide bonds. The van der Waals surface area contributed by atoms with E-state index < -0.39 is 0 Å². The SMILES string of the molecule is CNC(=O)c1cc(NCCO)nc(N(C)C)n1. The van der Waals surface area contributed by atoms with Gasteiger partial charge in [-0.1, -0.05) is 0 Å². The first-order chi connectivity index (χ1) is 8.08. The summed E-state index contributed by atoms with van der Waals surface area (Å²) in [6, 6.07) is 1.54. The van der Waals surface area contributed by atoms with E-state index in [1.54, 1.807) is 32.1 Å². The van der Waals surface area contributed by atoms with E-state index >= 15 is 0 Å². The van der Waals surface area contributed by atoms with Crippen molar-refractivity contribution in [3.63, 3.8) is 0 Å². The molecule has 0 radical (unpaired) electrons.